The lowest BCUT2D eigenvalue weighted by Crippen LogP contribution is -2.26. The first-order chi connectivity index (χ1) is 11.0. The zero-order valence-electron chi connectivity index (χ0n) is 12.6. The molecule has 6 heteroatoms. The summed E-state index contributed by atoms with van der Waals surface area (Å²) >= 11 is 0. The van der Waals surface area contributed by atoms with Crippen molar-refractivity contribution in [2.24, 2.45) is 0 Å². The number of anilines is 1. The third-order valence-electron chi connectivity index (χ3n) is 3.92. The van der Waals surface area contributed by atoms with Crippen LogP contribution < -0.4 is 10.2 Å². The second kappa shape index (κ2) is 6.60. The smallest absolute Gasteiger partial charge is 0.266 e. The van der Waals surface area contributed by atoms with Crippen LogP contribution in [-0.4, -0.2) is 29.1 Å². The topological polar surface area (TPSA) is 48.4 Å². The van der Waals surface area contributed by atoms with Crippen molar-refractivity contribution in [1.29, 1.82) is 0 Å². The molecule has 3 rings (SSSR count). The summed E-state index contributed by atoms with van der Waals surface area (Å²) in [6, 6.07) is 13.0. The van der Waals surface area contributed by atoms with E-state index in [1.54, 1.807) is 17.0 Å². The van der Waals surface area contributed by atoms with Crippen molar-refractivity contribution >= 4 is 5.69 Å². The zero-order chi connectivity index (χ0) is 16.3. The molecule has 0 aliphatic carbocycles. The van der Waals surface area contributed by atoms with Gasteiger partial charge in [-0.1, -0.05) is 30.3 Å². The summed E-state index contributed by atoms with van der Waals surface area (Å²) < 4.78 is 26.7. The number of nitrogens with zero attached hydrogens (tertiary/aromatic N) is 2. The first-order valence-electron chi connectivity index (χ1n) is 7.58. The molecule has 1 aliphatic rings. The Morgan fingerprint density at radius 3 is 2.74 bits per heavy atom. The Labute approximate surface area is 133 Å². The first kappa shape index (κ1) is 15.8. The van der Waals surface area contributed by atoms with Gasteiger partial charge in [0.1, 0.15) is 6.23 Å². The number of aliphatic hydroxyl groups is 1. The van der Waals surface area contributed by atoms with Gasteiger partial charge in [-0.3, -0.25) is 10.3 Å². The van der Waals surface area contributed by atoms with Crippen molar-refractivity contribution in [2.75, 3.05) is 18.0 Å². The average Bonchev–Trinajstić information content (AvgIpc) is 2.94. The van der Waals surface area contributed by atoms with Crippen molar-refractivity contribution in [3.05, 3.63) is 59.9 Å². The summed E-state index contributed by atoms with van der Waals surface area (Å²) in [5.41, 5.74) is 2.13. The molecule has 2 aromatic rings. The summed E-state index contributed by atoms with van der Waals surface area (Å²) in [7, 11) is 0. The van der Waals surface area contributed by atoms with Gasteiger partial charge < -0.3 is 10.0 Å². The largest absolute Gasteiger partial charge is 0.373 e. The molecule has 1 atom stereocenters. The fraction of sp³-hybridized carbons (Fsp3) is 0.353. The second-order valence-electron chi connectivity index (χ2n) is 5.74. The van der Waals surface area contributed by atoms with Crippen LogP contribution in [0.25, 0.3) is 0 Å². The Bertz CT molecular complexity index is 651. The average molecular weight is 319 g/mol. The number of aromatic nitrogens is 1. The van der Waals surface area contributed by atoms with E-state index in [1.807, 2.05) is 30.3 Å². The Hall–Kier alpha value is -2.05. The molecule has 1 fully saturated rings. The monoisotopic (exact) mass is 319 g/mol. The molecule has 2 heterocycles. The van der Waals surface area contributed by atoms with Gasteiger partial charge in [-0.25, -0.2) is 8.78 Å². The number of alkyl halides is 2. The summed E-state index contributed by atoms with van der Waals surface area (Å²) in [5.74, 6) is -2.65. The van der Waals surface area contributed by atoms with Crippen molar-refractivity contribution in [1.82, 2.24) is 10.3 Å². The Morgan fingerprint density at radius 1 is 1.26 bits per heavy atom. The standard InChI is InChI=1S/C17H19F2N3O/c18-17(19)7-9-22(12-17)14-6-8-20-15(10-14)16(23)21-11-13-4-2-1-3-5-13/h1-6,8,10,16,21,23H,7,9,11-12H2. The molecule has 0 radical (unpaired) electrons. The van der Waals surface area contributed by atoms with Crippen molar-refractivity contribution in [2.45, 2.75) is 25.1 Å². The molecular weight excluding hydrogens is 300 g/mol. The van der Waals surface area contributed by atoms with Crippen LogP contribution in [0.1, 0.15) is 23.9 Å². The highest BCUT2D eigenvalue weighted by Crippen LogP contribution is 2.31. The summed E-state index contributed by atoms with van der Waals surface area (Å²) in [4.78, 5) is 5.75. The van der Waals surface area contributed by atoms with E-state index in [-0.39, 0.29) is 13.0 Å². The van der Waals surface area contributed by atoms with Gasteiger partial charge in [-0.2, -0.15) is 0 Å². The highest BCUT2D eigenvalue weighted by Gasteiger charge is 2.38. The number of nitrogens with one attached hydrogen (secondary N) is 1. The van der Waals surface area contributed by atoms with Crippen LogP contribution >= 0.6 is 0 Å². The molecule has 23 heavy (non-hydrogen) atoms. The maximum Gasteiger partial charge on any atom is 0.266 e. The molecule has 1 aromatic heterocycles. The zero-order valence-corrected chi connectivity index (χ0v) is 12.6. The molecule has 1 aromatic carbocycles. The maximum absolute atomic E-state index is 13.3. The minimum atomic E-state index is -2.65. The van der Waals surface area contributed by atoms with Crippen LogP contribution in [0.3, 0.4) is 0 Å². The second-order valence-corrected chi connectivity index (χ2v) is 5.74. The fourth-order valence-corrected chi connectivity index (χ4v) is 2.65. The number of halogens is 2. The number of hydrogen-bond donors (Lipinski definition) is 2. The minimum absolute atomic E-state index is 0.139. The Kier molecular flexibility index (Phi) is 4.54. The number of hydrogen-bond acceptors (Lipinski definition) is 4. The maximum atomic E-state index is 13.3. The van der Waals surface area contributed by atoms with Crippen molar-refractivity contribution in [3.63, 3.8) is 0 Å². The number of aliphatic hydroxyl groups excluding tert-OH is 1. The lowest BCUT2D eigenvalue weighted by atomic mass is 10.2. The van der Waals surface area contributed by atoms with Crippen LogP contribution in [0.5, 0.6) is 0 Å². The predicted molar refractivity (Wildman–Crippen MR) is 84.3 cm³/mol. The normalized spacial score (nSPS) is 18.1. The van der Waals surface area contributed by atoms with Crippen molar-refractivity contribution < 1.29 is 13.9 Å². The predicted octanol–water partition coefficient (Wildman–Crippen LogP) is 2.71. The molecule has 0 bridgehead atoms. The van der Waals surface area contributed by atoms with Gasteiger partial charge in [0.15, 0.2) is 0 Å². The molecule has 4 nitrogen and oxygen atoms in total. The van der Waals surface area contributed by atoms with Crippen molar-refractivity contribution in [3.8, 4) is 0 Å². The van der Waals surface area contributed by atoms with Crippen LogP contribution in [0.4, 0.5) is 14.5 Å². The SMILES string of the molecule is OC(NCc1ccccc1)c1cc(N2CCC(F)(F)C2)ccn1. The van der Waals surface area contributed by atoms with Crippen LogP contribution in [0.2, 0.25) is 0 Å². The van der Waals surface area contributed by atoms with Crippen LogP contribution in [0, 0.1) is 0 Å². The Balaban J connectivity index is 1.65. The number of benzene rings is 1. The fourth-order valence-electron chi connectivity index (χ4n) is 2.65. The lowest BCUT2D eigenvalue weighted by molar-refractivity contribution is 0.0257. The highest BCUT2D eigenvalue weighted by molar-refractivity contribution is 5.48. The summed E-state index contributed by atoms with van der Waals surface area (Å²) in [6.07, 6.45) is 0.451. The van der Waals surface area contributed by atoms with Gasteiger partial charge in [0.05, 0.1) is 12.2 Å². The molecular formula is C17H19F2N3O. The molecule has 122 valence electrons. The molecule has 0 spiro atoms. The molecule has 1 unspecified atom stereocenters. The molecule has 1 saturated heterocycles. The number of rotatable bonds is 5. The lowest BCUT2D eigenvalue weighted by Gasteiger charge is -2.20. The van der Waals surface area contributed by atoms with E-state index in [1.165, 1.54) is 6.20 Å². The Morgan fingerprint density at radius 2 is 2.04 bits per heavy atom. The molecule has 1 aliphatic heterocycles. The van der Waals surface area contributed by atoms with Gasteiger partial charge in [-0.15, -0.1) is 0 Å². The molecule has 0 amide bonds. The van der Waals surface area contributed by atoms with E-state index in [2.05, 4.69) is 10.3 Å². The summed E-state index contributed by atoms with van der Waals surface area (Å²) in [6.45, 7) is 0.518. The summed E-state index contributed by atoms with van der Waals surface area (Å²) in [5, 5.41) is 13.2. The van der Waals surface area contributed by atoms with E-state index >= 15 is 0 Å². The van der Waals surface area contributed by atoms with Gasteiger partial charge in [-0.05, 0) is 17.7 Å². The van der Waals surface area contributed by atoms with Gasteiger partial charge in [0.2, 0.25) is 0 Å². The van der Waals surface area contributed by atoms with E-state index in [0.29, 0.717) is 24.5 Å². The highest BCUT2D eigenvalue weighted by atomic mass is 19.3. The quantitative estimate of drug-likeness (QED) is 0.832. The van der Waals surface area contributed by atoms with Gasteiger partial charge >= 0.3 is 0 Å². The van der Waals surface area contributed by atoms with Crippen LogP contribution in [0.15, 0.2) is 48.7 Å². The van der Waals surface area contributed by atoms with Gasteiger partial charge in [0.25, 0.3) is 5.92 Å². The van der Waals surface area contributed by atoms with E-state index in [0.717, 1.165) is 5.56 Å². The first-order valence-corrected chi connectivity index (χ1v) is 7.58. The minimum Gasteiger partial charge on any atom is -0.373 e. The van der Waals surface area contributed by atoms with Crippen LogP contribution in [-0.2, 0) is 6.54 Å². The van der Waals surface area contributed by atoms with E-state index in [9.17, 15) is 13.9 Å². The van der Waals surface area contributed by atoms with Gasteiger partial charge in [0, 0.05) is 31.4 Å². The third kappa shape index (κ3) is 4.03. The van der Waals surface area contributed by atoms with E-state index < -0.39 is 12.2 Å². The third-order valence-corrected chi connectivity index (χ3v) is 3.92. The molecule has 0 saturated carbocycles. The van der Waals surface area contributed by atoms with E-state index in [4.69, 9.17) is 0 Å². The number of pyridine rings is 1. The molecule has 2 N–H and O–H groups in total.